The first-order valence-electron chi connectivity index (χ1n) is 5.61. The van der Waals surface area contributed by atoms with Gasteiger partial charge in [0.25, 0.3) is 0 Å². The number of likely N-dealkylation sites (N-methyl/N-ethyl adjacent to an activating group) is 1. The van der Waals surface area contributed by atoms with E-state index >= 15 is 0 Å². The van der Waals surface area contributed by atoms with Crippen LogP contribution in [0.1, 0.15) is 18.1 Å². The highest BCUT2D eigenvalue weighted by atomic mass is 16.4. The third-order valence-corrected chi connectivity index (χ3v) is 2.77. The van der Waals surface area contributed by atoms with Gasteiger partial charge in [-0.3, -0.25) is 0 Å². The van der Waals surface area contributed by atoms with Crippen molar-refractivity contribution < 1.29 is 14.7 Å². The van der Waals surface area contributed by atoms with Gasteiger partial charge in [0.15, 0.2) is 0 Å². The summed E-state index contributed by atoms with van der Waals surface area (Å²) >= 11 is 0. The summed E-state index contributed by atoms with van der Waals surface area (Å²) in [6.45, 7) is 1.38. The molecule has 0 radical (unpaired) electrons. The number of carbonyl (C=O) groups excluding carboxylic acids is 1. The van der Waals surface area contributed by atoms with Gasteiger partial charge in [0.05, 0.1) is 11.1 Å². The van der Waals surface area contributed by atoms with E-state index in [0.717, 1.165) is 4.90 Å². The van der Waals surface area contributed by atoms with Crippen molar-refractivity contribution in [2.75, 3.05) is 12.4 Å². The molecular weight excluding hydrogens is 260 g/mol. The normalized spacial score (nSPS) is 10.8. The zero-order chi connectivity index (χ0) is 15.3. The smallest absolute Gasteiger partial charge is 0.326 e. The third-order valence-electron chi connectivity index (χ3n) is 2.77. The Hall–Kier alpha value is -3.06. The van der Waals surface area contributed by atoms with Crippen LogP contribution in [-0.2, 0) is 4.79 Å². The van der Waals surface area contributed by atoms with E-state index in [2.05, 4.69) is 5.32 Å². The fourth-order valence-electron chi connectivity index (χ4n) is 1.37. The molecule has 0 saturated heterocycles. The summed E-state index contributed by atoms with van der Waals surface area (Å²) < 4.78 is 0. The Balaban J connectivity index is 2.90. The molecule has 2 amide bonds. The molecule has 7 nitrogen and oxygen atoms in total. The largest absolute Gasteiger partial charge is 0.480 e. The maximum Gasteiger partial charge on any atom is 0.326 e. The zero-order valence-electron chi connectivity index (χ0n) is 10.9. The van der Waals surface area contributed by atoms with E-state index in [4.69, 9.17) is 15.6 Å². The molecule has 1 rings (SSSR count). The van der Waals surface area contributed by atoms with Crippen LogP contribution in [0.4, 0.5) is 10.5 Å². The molecule has 0 spiro atoms. The number of amides is 2. The molecule has 0 fully saturated rings. The summed E-state index contributed by atoms with van der Waals surface area (Å²) in [5.74, 6) is -1.12. The van der Waals surface area contributed by atoms with Crippen LogP contribution in [0, 0.1) is 22.7 Å². The summed E-state index contributed by atoms with van der Waals surface area (Å²) in [5, 5.41) is 28.9. The lowest BCUT2D eigenvalue weighted by atomic mass is 10.1. The van der Waals surface area contributed by atoms with Gasteiger partial charge in [0, 0.05) is 12.7 Å². The van der Waals surface area contributed by atoms with E-state index in [0.29, 0.717) is 5.69 Å². The second kappa shape index (κ2) is 6.21. The highest BCUT2D eigenvalue weighted by Gasteiger charge is 2.21. The van der Waals surface area contributed by atoms with E-state index in [-0.39, 0.29) is 11.1 Å². The predicted molar refractivity (Wildman–Crippen MR) is 69.8 cm³/mol. The number of hydrogen-bond acceptors (Lipinski definition) is 4. The molecular formula is C13H12N4O3. The zero-order valence-corrected chi connectivity index (χ0v) is 10.9. The number of nitriles is 2. The Bertz CT molecular complexity index is 627. The standard InChI is InChI=1S/C13H12N4O3/c1-8(12(18)19)17(2)13(20)16-11-4-3-9(6-14)10(5-11)7-15/h3-5,8H,1-2H3,(H,16,20)(H,18,19). The summed E-state index contributed by atoms with van der Waals surface area (Å²) in [5.41, 5.74) is 0.659. The lowest BCUT2D eigenvalue weighted by molar-refractivity contribution is -0.141. The number of carboxylic acid groups (broad SMARTS) is 1. The molecule has 20 heavy (non-hydrogen) atoms. The van der Waals surface area contributed by atoms with Gasteiger partial charge >= 0.3 is 12.0 Å². The van der Waals surface area contributed by atoms with Crippen LogP contribution in [0.15, 0.2) is 18.2 Å². The fraction of sp³-hybridized carbons (Fsp3) is 0.231. The lowest BCUT2D eigenvalue weighted by Crippen LogP contribution is -2.42. The van der Waals surface area contributed by atoms with Gasteiger partial charge in [-0.1, -0.05) is 0 Å². The van der Waals surface area contributed by atoms with Crippen molar-refractivity contribution in [3.8, 4) is 12.1 Å². The first-order valence-corrected chi connectivity index (χ1v) is 5.61. The monoisotopic (exact) mass is 272 g/mol. The highest BCUT2D eigenvalue weighted by molar-refractivity contribution is 5.92. The van der Waals surface area contributed by atoms with Crippen LogP contribution in [0.5, 0.6) is 0 Å². The van der Waals surface area contributed by atoms with Crippen molar-refractivity contribution in [3.05, 3.63) is 29.3 Å². The molecule has 7 heteroatoms. The second-order valence-electron chi connectivity index (χ2n) is 4.04. The van der Waals surface area contributed by atoms with Crippen molar-refractivity contribution >= 4 is 17.7 Å². The van der Waals surface area contributed by atoms with Gasteiger partial charge < -0.3 is 15.3 Å². The first-order chi connectivity index (χ1) is 9.40. The van der Waals surface area contributed by atoms with Gasteiger partial charge in [-0.15, -0.1) is 0 Å². The average Bonchev–Trinajstić information content (AvgIpc) is 2.45. The molecule has 1 atom stereocenters. The molecule has 0 aliphatic carbocycles. The molecule has 1 unspecified atom stereocenters. The first kappa shape index (κ1) is 15.0. The summed E-state index contributed by atoms with van der Waals surface area (Å²) in [6.07, 6.45) is 0. The van der Waals surface area contributed by atoms with Crippen molar-refractivity contribution in [2.24, 2.45) is 0 Å². The summed E-state index contributed by atoms with van der Waals surface area (Å²) in [6, 6.07) is 6.35. The molecule has 0 aromatic heterocycles. The SMILES string of the molecule is CC(C(=O)O)N(C)C(=O)Nc1ccc(C#N)c(C#N)c1. The van der Waals surface area contributed by atoms with Gasteiger partial charge in [-0.2, -0.15) is 10.5 Å². The Kier molecular flexibility index (Phi) is 4.66. The van der Waals surface area contributed by atoms with E-state index in [9.17, 15) is 9.59 Å². The number of urea groups is 1. The third kappa shape index (κ3) is 3.24. The van der Waals surface area contributed by atoms with E-state index in [1.54, 1.807) is 0 Å². The number of carbonyl (C=O) groups is 2. The second-order valence-corrected chi connectivity index (χ2v) is 4.04. The van der Waals surface area contributed by atoms with Crippen LogP contribution in [0.3, 0.4) is 0 Å². The van der Waals surface area contributed by atoms with E-state index in [1.807, 2.05) is 12.1 Å². The minimum absolute atomic E-state index is 0.138. The number of nitrogens with zero attached hydrogens (tertiary/aromatic N) is 3. The number of rotatable bonds is 3. The topological polar surface area (TPSA) is 117 Å². The average molecular weight is 272 g/mol. The van der Waals surface area contributed by atoms with Crippen LogP contribution >= 0.6 is 0 Å². The van der Waals surface area contributed by atoms with Gasteiger partial charge in [-0.25, -0.2) is 9.59 Å². The van der Waals surface area contributed by atoms with Crippen LogP contribution in [-0.4, -0.2) is 35.1 Å². The van der Waals surface area contributed by atoms with Crippen molar-refractivity contribution in [1.82, 2.24) is 4.90 Å². The van der Waals surface area contributed by atoms with Crippen LogP contribution in [0.2, 0.25) is 0 Å². The van der Waals surface area contributed by atoms with Crippen LogP contribution in [0.25, 0.3) is 0 Å². The molecule has 0 aliphatic heterocycles. The molecule has 2 N–H and O–H groups in total. The Labute approximate surface area is 115 Å². The molecule has 1 aromatic rings. The predicted octanol–water partition coefficient (Wildman–Crippen LogP) is 1.37. The van der Waals surface area contributed by atoms with Crippen LogP contribution < -0.4 is 5.32 Å². The van der Waals surface area contributed by atoms with Crippen molar-refractivity contribution in [3.63, 3.8) is 0 Å². The lowest BCUT2D eigenvalue weighted by Gasteiger charge is -2.21. The Morgan fingerprint density at radius 1 is 1.30 bits per heavy atom. The minimum atomic E-state index is -1.12. The number of hydrogen-bond donors (Lipinski definition) is 2. The van der Waals surface area contributed by atoms with Gasteiger partial charge in [0.1, 0.15) is 18.2 Å². The Morgan fingerprint density at radius 3 is 2.40 bits per heavy atom. The van der Waals surface area contributed by atoms with Crippen molar-refractivity contribution in [2.45, 2.75) is 13.0 Å². The maximum absolute atomic E-state index is 11.8. The molecule has 0 heterocycles. The van der Waals surface area contributed by atoms with E-state index in [1.165, 1.54) is 32.2 Å². The molecule has 0 bridgehead atoms. The quantitative estimate of drug-likeness (QED) is 0.861. The number of nitrogens with one attached hydrogen (secondary N) is 1. The number of carboxylic acids is 1. The number of aliphatic carboxylic acids is 1. The van der Waals surface area contributed by atoms with Gasteiger partial charge in [0.2, 0.25) is 0 Å². The maximum atomic E-state index is 11.8. The number of benzene rings is 1. The fourth-order valence-corrected chi connectivity index (χ4v) is 1.37. The van der Waals surface area contributed by atoms with Crippen molar-refractivity contribution in [1.29, 1.82) is 10.5 Å². The number of anilines is 1. The van der Waals surface area contributed by atoms with Gasteiger partial charge in [-0.05, 0) is 25.1 Å². The molecule has 0 aliphatic rings. The molecule has 1 aromatic carbocycles. The highest BCUT2D eigenvalue weighted by Crippen LogP contribution is 2.15. The molecule has 0 saturated carbocycles. The summed E-state index contributed by atoms with van der Waals surface area (Å²) in [4.78, 5) is 23.6. The minimum Gasteiger partial charge on any atom is -0.480 e. The Morgan fingerprint density at radius 2 is 1.90 bits per heavy atom. The molecule has 102 valence electrons. The summed E-state index contributed by atoms with van der Waals surface area (Å²) in [7, 11) is 1.35. The van der Waals surface area contributed by atoms with E-state index < -0.39 is 18.0 Å².